The zero-order valence-corrected chi connectivity index (χ0v) is 11.1. The molecule has 0 spiro atoms. The van der Waals surface area contributed by atoms with E-state index in [0.29, 0.717) is 0 Å². The Morgan fingerprint density at radius 3 is 2.00 bits per heavy atom. The summed E-state index contributed by atoms with van der Waals surface area (Å²) in [5.74, 6) is -1.17. The Labute approximate surface area is 122 Å². The molecular weight excluding hydrogens is 264 g/mol. The fraction of sp³-hybridized carbons (Fsp3) is 0. The van der Waals surface area contributed by atoms with E-state index in [1.165, 1.54) is 12.1 Å². The minimum Gasteiger partial charge on any atom is -0.545 e. The summed E-state index contributed by atoms with van der Waals surface area (Å²) in [6.07, 6.45) is 7.39. The van der Waals surface area contributed by atoms with Crippen LogP contribution in [0.3, 0.4) is 0 Å². The largest absolute Gasteiger partial charge is 0.545 e. The first-order chi connectivity index (χ1) is 10.2. The Kier molecular flexibility index (Phi) is 3.43. The quantitative estimate of drug-likeness (QED) is 0.679. The van der Waals surface area contributed by atoms with E-state index < -0.39 is 5.97 Å². The van der Waals surface area contributed by atoms with Gasteiger partial charge in [-0.05, 0) is 41.0 Å². The van der Waals surface area contributed by atoms with Crippen molar-refractivity contribution in [2.75, 3.05) is 0 Å². The van der Waals surface area contributed by atoms with E-state index >= 15 is 0 Å². The Hall–Kier alpha value is -3.01. The minimum atomic E-state index is -1.17. The molecule has 21 heavy (non-hydrogen) atoms. The smallest absolute Gasteiger partial charge is 0.210 e. The maximum Gasteiger partial charge on any atom is 0.210 e. The van der Waals surface area contributed by atoms with Gasteiger partial charge in [-0.25, -0.2) is 0 Å². The maximum absolute atomic E-state index is 10.7. The van der Waals surface area contributed by atoms with Crippen molar-refractivity contribution in [2.24, 2.45) is 0 Å². The second kappa shape index (κ2) is 5.54. The monoisotopic (exact) mass is 276 g/mol. The molecule has 0 saturated carbocycles. The number of carboxylic acids is 1. The summed E-state index contributed by atoms with van der Waals surface area (Å²) in [5.41, 5.74) is 3.26. The number of aromatic nitrogens is 2. The number of carbonyl (C=O) groups is 1. The zero-order chi connectivity index (χ0) is 14.7. The number of carbonyl (C=O) groups excluding carboxylic acids is 1. The molecule has 0 amide bonds. The third-order valence-electron chi connectivity index (χ3n) is 3.24. The third-order valence-corrected chi connectivity index (χ3v) is 3.24. The number of hydrogen-bond acceptors (Lipinski definition) is 3. The van der Waals surface area contributed by atoms with Gasteiger partial charge in [0.1, 0.15) is 0 Å². The van der Waals surface area contributed by atoms with Crippen LogP contribution in [0.5, 0.6) is 0 Å². The normalized spacial score (nSPS) is 10.3. The lowest BCUT2D eigenvalue weighted by Crippen LogP contribution is -2.29. The molecular formula is C17H12N2O2. The molecule has 0 aliphatic carbocycles. The number of aromatic carboxylic acids is 1. The molecule has 0 atom stereocenters. The third kappa shape index (κ3) is 2.79. The Morgan fingerprint density at radius 2 is 1.43 bits per heavy atom. The van der Waals surface area contributed by atoms with Gasteiger partial charge in [0.2, 0.25) is 5.69 Å². The topological polar surface area (TPSA) is 56.9 Å². The van der Waals surface area contributed by atoms with Crippen molar-refractivity contribution in [2.45, 2.75) is 0 Å². The van der Waals surface area contributed by atoms with Crippen LogP contribution in [0.4, 0.5) is 0 Å². The molecule has 0 saturated heterocycles. The van der Waals surface area contributed by atoms with E-state index in [1.54, 1.807) is 24.5 Å². The molecule has 0 N–H and O–H groups in total. The van der Waals surface area contributed by atoms with Crippen LogP contribution in [0.2, 0.25) is 0 Å². The van der Waals surface area contributed by atoms with Crippen LogP contribution in [0, 0.1) is 0 Å². The van der Waals surface area contributed by atoms with Gasteiger partial charge in [-0.2, -0.15) is 4.57 Å². The van der Waals surface area contributed by atoms with Gasteiger partial charge in [0.25, 0.3) is 0 Å². The lowest BCUT2D eigenvalue weighted by atomic mass is 10.1. The number of carboxylic acid groups (broad SMARTS) is 1. The van der Waals surface area contributed by atoms with Gasteiger partial charge in [-0.1, -0.05) is 0 Å². The lowest BCUT2D eigenvalue weighted by Gasteiger charge is -2.02. The van der Waals surface area contributed by atoms with Gasteiger partial charge in [-0.3, -0.25) is 4.98 Å². The summed E-state index contributed by atoms with van der Waals surface area (Å²) in [6, 6.07) is 14.5. The Bertz CT molecular complexity index is 751. The summed E-state index contributed by atoms with van der Waals surface area (Å²) in [6.45, 7) is 0. The van der Waals surface area contributed by atoms with Gasteiger partial charge in [0, 0.05) is 36.7 Å². The highest BCUT2D eigenvalue weighted by Gasteiger charge is 2.06. The molecule has 0 aliphatic heterocycles. The summed E-state index contributed by atoms with van der Waals surface area (Å²) < 4.78 is 1.92. The molecule has 0 aliphatic rings. The standard InChI is InChI=1S/C17H12N2O2/c20-17(21)15-1-3-16(4-2-15)19-11-7-14(8-12-19)13-5-9-18-10-6-13/h1-12H. The van der Waals surface area contributed by atoms with Crippen molar-refractivity contribution >= 4 is 5.97 Å². The molecule has 0 unspecified atom stereocenters. The Morgan fingerprint density at radius 1 is 0.857 bits per heavy atom. The van der Waals surface area contributed by atoms with Crippen LogP contribution in [-0.2, 0) is 0 Å². The van der Waals surface area contributed by atoms with E-state index in [0.717, 1.165) is 16.8 Å². The van der Waals surface area contributed by atoms with Crippen molar-refractivity contribution in [3.8, 4) is 16.8 Å². The van der Waals surface area contributed by atoms with Crippen molar-refractivity contribution in [1.82, 2.24) is 4.98 Å². The SMILES string of the molecule is O=C([O-])c1ccc(-[n+]2ccc(-c3ccncc3)cc2)cc1. The van der Waals surface area contributed by atoms with Crippen LogP contribution in [0.15, 0.2) is 73.3 Å². The molecule has 3 aromatic rings. The zero-order valence-electron chi connectivity index (χ0n) is 11.1. The van der Waals surface area contributed by atoms with Crippen LogP contribution in [-0.4, -0.2) is 11.0 Å². The molecule has 2 heterocycles. The predicted octanol–water partition coefficient (Wildman–Crippen LogP) is 1.39. The molecule has 0 fully saturated rings. The van der Waals surface area contributed by atoms with E-state index in [4.69, 9.17) is 0 Å². The summed E-state index contributed by atoms with van der Waals surface area (Å²) in [4.78, 5) is 14.7. The highest BCUT2D eigenvalue weighted by Crippen LogP contribution is 2.16. The molecule has 4 nitrogen and oxygen atoms in total. The van der Waals surface area contributed by atoms with Gasteiger partial charge in [0.15, 0.2) is 12.4 Å². The van der Waals surface area contributed by atoms with E-state index in [-0.39, 0.29) is 5.56 Å². The van der Waals surface area contributed by atoms with E-state index in [1.807, 2.05) is 41.2 Å². The first-order valence-electron chi connectivity index (χ1n) is 6.47. The van der Waals surface area contributed by atoms with Gasteiger partial charge >= 0.3 is 0 Å². The van der Waals surface area contributed by atoms with Crippen molar-refractivity contribution in [3.05, 3.63) is 78.9 Å². The highest BCUT2D eigenvalue weighted by atomic mass is 16.4. The fourth-order valence-electron chi connectivity index (χ4n) is 2.11. The molecule has 2 aromatic heterocycles. The van der Waals surface area contributed by atoms with Crippen molar-refractivity contribution in [1.29, 1.82) is 0 Å². The van der Waals surface area contributed by atoms with Crippen LogP contribution in [0.25, 0.3) is 16.8 Å². The molecule has 0 bridgehead atoms. The number of nitrogens with zero attached hydrogens (tertiary/aromatic N) is 2. The van der Waals surface area contributed by atoms with Crippen LogP contribution in [0.1, 0.15) is 10.4 Å². The lowest BCUT2D eigenvalue weighted by molar-refractivity contribution is -0.595. The van der Waals surface area contributed by atoms with Crippen molar-refractivity contribution < 1.29 is 14.5 Å². The predicted molar refractivity (Wildman–Crippen MR) is 75.5 cm³/mol. The summed E-state index contributed by atoms with van der Waals surface area (Å²) >= 11 is 0. The highest BCUT2D eigenvalue weighted by molar-refractivity contribution is 5.85. The van der Waals surface area contributed by atoms with Gasteiger partial charge in [-0.15, -0.1) is 0 Å². The number of pyridine rings is 2. The van der Waals surface area contributed by atoms with Gasteiger partial charge in [0.05, 0.1) is 5.97 Å². The van der Waals surface area contributed by atoms with E-state index in [9.17, 15) is 9.90 Å². The number of rotatable bonds is 3. The minimum absolute atomic E-state index is 0.174. The average molecular weight is 276 g/mol. The first kappa shape index (κ1) is 13.0. The first-order valence-corrected chi connectivity index (χ1v) is 6.47. The molecule has 0 radical (unpaired) electrons. The number of benzene rings is 1. The second-order valence-electron chi connectivity index (χ2n) is 4.56. The number of hydrogen-bond donors (Lipinski definition) is 0. The molecule has 4 heteroatoms. The molecule has 3 rings (SSSR count). The fourth-order valence-corrected chi connectivity index (χ4v) is 2.11. The molecule has 1 aromatic carbocycles. The van der Waals surface area contributed by atoms with E-state index in [2.05, 4.69) is 4.98 Å². The molecule has 102 valence electrons. The van der Waals surface area contributed by atoms with Crippen LogP contribution < -0.4 is 9.67 Å². The summed E-state index contributed by atoms with van der Waals surface area (Å²) in [5, 5.41) is 10.7. The Balaban J connectivity index is 1.89. The van der Waals surface area contributed by atoms with Crippen molar-refractivity contribution in [3.63, 3.8) is 0 Å². The average Bonchev–Trinajstić information content (AvgIpc) is 2.56. The second-order valence-corrected chi connectivity index (χ2v) is 4.56. The van der Waals surface area contributed by atoms with Gasteiger partial charge < -0.3 is 9.90 Å². The summed E-state index contributed by atoms with van der Waals surface area (Å²) in [7, 11) is 0. The van der Waals surface area contributed by atoms with Crippen LogP contribution >= 0.6 is 0 Å². The maximum atomic E-state index is 10.7.